The number of morpholine rings is 1. The van der Waals surface area contributed by atoms with Crippen molar-refractivity contribution in [3.8, 4) is 5.75 Å². The Morgan fingerprint density at radius 2 is 1.79 bits per heavy atom. The maximum Gasteiger partial charge on any atom is 0.285 e. The topological polar surface area (TPSA) is 88.2 Å². The fraction of sp³-hybridized carbons (Fsp3) is 0.217. The molecule has 2 aliphatic heterocycles. The molecule has 0 unspecified atom stereocenters. The van der Waals surface area contributed by atoms with Gasteiger partial charge in [0.1, 0.15) is 5.75 Å². The Morgan fingerprint density at radius 1 is 1.12 bits per heavy atom. The molecular weight excluding hydrogens is 498 g/mol. The maximum atomic E-state index is 12.8. The SMILES string of the molecule is O=C(NN1C(=O)/C(=C\c2ccc(OCC(=O)N3CCOCC3)cc2)SC1=S)c1ccc(Cl)cc1. The van der Waals surface area contributed by atoms with Crippen molar-refractivity contribution < 1.29 is 23.9 Å². The van der Waals surface area contributed by atoms with Gasteiger partial charge in [-0.3, -0.25) is 19.8 Å². The van der Waals surface area contributed by atoms with Crippen LogP contribution in [0.15, 0.2) is 53.4 Å². The van der Waals surface area contributed by atoms with Gasteiger partial charge in [-0.15, -0.1) is 0 Å². The number of nitrogens with zero attached hydrogens (tertiary/aromatic N) is 2. The van der Waals surface area contributed by atoms with Crippen molar-refractivity contribution in [2.45, 2.75) is 0 Å². The molecule has 2 aromatic carbocycles. The second-order valence-electron chi connectivity index (χ2n) is 7.32. The fourth-order valence-corrected chi connectivity index (χ4v) is 4.50. The molecule has 2 heterocycles. The van der Waals surface area contributed by atoms with Crippen LogP contribution in [0.1, 0.15) is 15.9 Å². The van der Waals surface area contributed by atoms with Gasteiger partial charge >= 0.3 is 0 Å². The highest BCUT2D eigenvalue weighted by Crippen LogP contribution is 2.31. The summed E-state index contributed by atoms with van der Waals surface area (Å²) in [6, 6.07) is 13.3. The number of halogens is 1. The summed E-state index contributed by atoms with van der Waals surface area (Å²) in [6.45, 7) is 2.17. The van der Waals surface area contributed by atoms with Crippen LogP contribution in [-0.2, 0) is 14.3 Å². The monoisotopic (exact) mass is 517 g/mol. The summed E-state index contributed by atoms with van der Waals surface area (Å²) < 4.78 is 11.0. The maximum absolute atomic E-state index is 12.8. The number of nitrogens with one attached hydrogen (secondary N) is 1. The molecule has 0 radical (unpaired) electrons. The minimum atomic E-state index is -0.470. The van der Waals surface area contributed by atoms with Crippen LogP contribution in [0.3, 0.4) is 0 Å². The van der Waals surface area contributed by atoms with Gasteiger partial charge < -0.3 is 14.4 Å². The Kier molecular flexibility index (Phi) is 7.84. The van der Waals surface area contributed by atoms with E-state index in [1.165, 1.54) is 0 Å². The van der Waals surface area contributed by atoms with Gasteiger partial charge in [-0.25, -0.2) is 0 Å². The van der Waals surface area contributed by atoms with Crippen molar-refractivity contribution in [2.75, 3.05) is 32.9 Å². The van der Waals surface area contributed by atoms with Crippen LogP contribution in [-0.4, -0.2) is 64.9 Å². The quantitative estimate of drug-likeness (QED) is 0.465. The summed E-state index contributed by atoms with van der Waals surface area (Å²) in [7, 11) is 0. The summed E-state index contributed by atoms with van der Waals surface area (Å²) >= 11 is 12.2. The molecule has 34 heavy (non-hydrogen) atoms. The number of hydrazine groups is 1. The number of ether oxygens (including phenoxy) is 2. The molecule has 0 bridgehead atoms. The highest BCUT2D eigenvalue weighted by Gasteiger charge is 2.33. The zero-order valence-corrected chi connectivity index (χ0v) is 20.3. The normalized spacial score (nSPS) is 17.3. The van der Waals surface area contributed by atoms with Crippen LogP contribution >= 0.6 is 35.6 Å². The van der Waals surface area contributed by atoms with Crippen molar-refractivity contribution in [3.05, 3.63) is 69.6 Å². The Morgan fingerprint density at radius 3 is 2.47 bits per heavy atom. The Hall–Kier alpha value is -2.92. The van der Waals surface area contributed by atoms with Crippen molar-refractivity contribution in [1.29, 1.82) is 0 Å². The zero-order chi connectivity index (χ0) is 24.1. The lowest BCUT2D eigenvalue weighted by atomic mass is 10.2. The molecule has 176 valence electrons. The van der Waals surface area contributed by atoms with E-state index < -0.39 is 11.8 Å². The van der Waals surface area contributed by atoms with Crippen LogP contribution < -0.4 is 10.2 Å². The van der Waals surface area contributed by atoms with E-state index in [-0.39, 0.29) is 16.8 Å². The van der Waals surface area contributed by atoms with Crippen LogP contribution in [0.25, 0.3) is 6.08 Å². The zero-order valence-electron chi connectivity index (χ0n) is 17.9. The first kappa shape index (κ1) is 24.2. The van der Waals surface area contributed by atoms with E-state index in [1.54, 1.807) is 59.5 Å². The summed E-state index contributed by atoms with van der Waals surface area (Å²) in [5.74, 6) is -0.436. The van der Waals surface area contributed by atoms with Gasteiger partial charge in [0.2, 0.25) is 0 Å². The molecule has 0 spiro atoms. The minimum absolute atomic E-state index is 0.0503. The van der Waals surface area contributed by atoms with Gasteiger partial charge in [0, 0.05) is 23.7 Å². The molecule has 4 rings (SSSR count). The average Bonchev–Trinajstić information content (AvgIpc) is 3.11. The summed E-state index contributed by atoms with van der Waals surface area (Å²) in [4.78, 5) is 39.5. The van der Waals surface area contributed by atoms with Gasteiger partial charge in [-0.1, -0.05) is 35.5 Å². The predicted molar refractivity (Wildman–Crippen MR) is 133 cm³/mol. The molecule has 0 aromatic heterocycles. The van der Waals surface area contributed by atoms with Gasteiger partial charge in [-0.2, -0.15) is 5.01 Å². The lowest BCUT2D eigenvalue weighted by Gasteiger charge is -2.26. The van der Waals surface area contributed by atoms with Crippen molar-refractivity contribution >= 4 is 63.7 Å². The average molecular weight is 518 g/mol. The van der Waals surface area contributed by atoms with Crippen LogP contribution in [0.2, 0.25) is 5.02 Å². The van der Waals surface area contributed by atoms with Gasteiger partial charge in [0.15, 0.2) is 10.9 Å². The van der Waals surface area contributed by atoms with E-state index in [0.717, 1.165) is 22.3 Å². The third-order valence-electron chi connectivity index (χ3n) is 5.02. The third kappa shape index (κ3) is 5.95. The molecule has 8 nitrogen and oxygen atoms in total. The second-order valence-corrected chi connectivity index (χ2v) is 9.43. The van der Waals surface area contributed by atoms with E-state index in [0.29, 0.717) is 47.5 Å². The number of thioether (sulfide) groups is 1. The highest BCUT2D eigenvalue weighted by atomic mass is 35.5. The first-order valence-corrected chi connectivity index (χ1v) is 11.9. The Bertz CT molecular complexity index is 1130. The number of hydrogen-bond acceptors (Lipinski definition) is 7. The number of carbonyl (C=O) groups is 3. The van der Waals surface area contributed by atoms with E-state index in [9.17, 15) is 14.4 Å². The molecule has 0 atom stereocenters. The molecule has 11 heteroatoms. The smallest absolute Gasteiger partial charge is 0.285 e. The lowest BCUT2D eigenvalue weighted by Crippen LogP contribution is -2.44. The van der Waals surface area contributed by atoms with Crippen molar-refractivity contribution in [1.82, 2.24) is 15.3 Å². The number of amides is 3. The molecule has 3 amide bonds. The standard InChI is InChI=1S/C23H20ClN3O5S2/c24-17-5-3-16(4-6-17)21(29)25-27-22(30)19(34-23(27)33)13-15-1-7-18(8-2-15)32-14-20(28)26-9-11-31-12-10-26/h1-8,13H,9-12,14H2,(H,25,29)/b19-13+. The Labute approximate surface area is 210 Å². The van der Waals surface area contributed by atoms with Crippen LogP contribution in [0, 0.1) is 0 Å². The summed E-state index contributed by atoms with van der Waals surface area (Å²) in [5, 5.41) is 1.56. The van der Waals surface area contributed by atoms with Crippen molar-refractivity contribution in [2.24, 2.45) is 0 Å². The minimum Gasteiger partial charge on any atom is -0.484 e. The van der Waals surface area contributed by atoms with E-state index in [4.69, 9.17) is 33.3 Å². The first-order chi connectivity index (χ1) is 16.4. The molecule has 0 saturated carbocycles. The molecule has 2 aliphatic rings. The molecular formula is C23H20ClN3O5S2. The van der Waals surface area contributed by atoms with Crippen LogP contribution in [0.4, 0.5) is 0 Å². The number of rotatable bonds is 6. The number of carbonyl (C=O) groups excluding carboxylic acids is 3. The van der Waals surface area contributed by atoms with Crippen molar-refractivity contribution in [3.63, 3.8) is 0 Å². The molecule has 0 aliphatic carbocycles. The second kappa shape index (κ2) is 11.0. The van der Waals surface area contributed by atoms with Crippen LogP contribution in [0.5, 0.6) is 5.75 Å². The van der Waals surface area contributed by atoms with E-state index in [2.05, 4.69) is 5.43 Å². The van der Waals surface area contributed by atoms with Gasteiger partial charge in [0.05, 0.1) is 18.1 Å². The number of thiocarbonyl (C=S) groups is 1. The largest absolute Gasteiger partial charge is 0.484 e. The Balaban J connectivity index is 1.34. The first-order valence-electron chi connectivity index (χ1n) is 10.3. The summed E-state index contributed by atoms with van der Waals surface area (Å²) in [6.07, 6.45) is 1.68. The fourth-order valence-electron chi connectivity index (χ4n) is 3.19. The summed E-state index contributed by atoms with van der Waals surface area (Å²) in [5.41, 5.74) is 3.63. The number of benzene rings is 2. The number of hydrogen-bond donors (Lipinski definition) is 1. The highest BCUT2D eigenvalue weighted by molar-refractivity contribution is 8.26. The van der Waals surface area contributed by atoms with E-state index in [1.807, 2.05) is 0 Å². The lowest BCUT2D eigenvalue weighted by molar-refractivity contribution is -0.137. The van der Waals surface area contributed by atoms with Gasteiger partial charge in [-0.05, 0) is 60.3 Å². The third-order valence-corrected chi connectivity index (χ3v) is 6.57. The molecule has 2 aromatic rings. The van der Waals surface area contributed by atoms with Gasteiger partial charge in [0.25, 0.3) is 17.7 Å². The predicted octanol–water partition coefficient (Wildman–Crippen LogP) is 3.12. The molecule has 1 N–H and O–H groups in total. The van der Waals surface area contributed by atoms with E-state index >= 15 is 0 Å². The molecule has 2 fully saturated rings. The molecule has 2 saturated heterocycles.